The third-order valence-corrected chi connectivity index (χ3v) is 6.93. The van der Waals surface area contributed by atoms with E-state index in [-0.39, 0.29) is 36.5 Å². The molecule has 1 rings (SSSR count). The van der Waals surface area contributed by atoms with Crippen LogP contribution in [0.25, 0.3) is 0 Å². The first-order valence-corrected chi connectivity index (χ1v) is 8.33. The summed E-state index contributed by atoms with van der Waals surface area (Å²) in [5.41, 5.74) is 5.95. The molecular formula is C9H16NNaO7P2. The van der Waals surface area contributed by atoms with Crippen molar-refractivity contribution in [3.8, 4) is 0 Å². The molecule has 20 heavy (non-hydrogen) atoms. The number of anilines is 1. The van der Waals surface area contributed by atoms with Gasteiger partial charge in [-0.3, -0.25) is 9.13 Å². The summed E-state index contributed by atoms with van der Waals surface area (Å²) in [4.78, 5) is 36.4. The Morgan fingerprint density at radius 1 is 1.10 bits per heavy atom. The van der Waals surface area contributed by atoms with Crippen molar-refractivity contribution in [3.05, 3.63) is 29.8 Å². The summed E-state index contributed by atoms with van der Waals surface area (Å²) in [5.74, 6) is -1.49. The number of rotatable bonds is 4. The summed E-state index contributed by atoms with van der Waals surface area (Å²) in [6, 6.07) is 5.45. The molecule has 0 aromatic heterocycles. The predicted molar refractivity (Wildman–Crippen MR) is 69.4 cm³/mol. The fourth-order valence-electron chi connectivity index (χ4n) is 1.68. The van der Waals surface area contributed by atoms with Crippen molar-refractivity contribution in [2.45, 2.75) is 17.9 Å². The monoisotopic (exact) mass is 335 g/mol. The Kier molecular flexibility index (Phi) is 6.68. The van der Waals surface area contributed by atoms with Crippen LogP contribution in [0.3, 0.4) is 0 Å². The molecule has 1 aromatic rings. The summed E-state index contributed by atoms with van der Waals surface area (Å²) < 4.78 is 22.6. The summed E-state index contributed by atoms with van der Waals surface area (Å²) in [6.07, 6.45) is 0. The van der Waals surface area contributed by atoms with Crippen LogP contribution in [0.15, 0.2) is 24.3 Å². The molecule has 0 fully saturated rings. The molecule has 0 aliphatic heterocycles. The number of hydrogen-bond donors (Lipinski definition) is 6. The fraction of sp³-hybridized carbons (Fsp3) is 0.333. The van der Waals surface area contributed by atoms with Gasteiger partial charge in [0, 0.05) is 11.6 Å². The van der Waals surface area contributed by atoms with E-state index >= 15 is 0 Å². The van der Waals surface area contributed by atoms with Gasteiger partial charge in [-0.25, -0.2) is 0 Å². The normalized spacial score (nSPS) is 14.5. The van der Waals surface area contributed by atoms with Crippen LogP contribution in [0.1, 0.15) is 19.8 Å². The van der Waals surface area contributed by atoms with E-state index in [0.717, 1.165) is 6.92 Å². The average molecular weight is 335 g/mol. The van der Waals surface area contributed by atoms with E-state index in [1.165, 1.54) is 24.3 Å². The minimum absolute atomic E-state index is 0. The maximum atomic E-state index is 11.3. The van der Waals surface area contributed by atoms with E-state index in [0.29, 0.717) is 5.69 Å². The molecule has 8 nitrogen and oxygen atoms in total. The largest absolute Gasteiger partial charge is 1.00 e. The molecule has 0 saturated carbocycles. The number of nitrogens with two attached hydrogens (primary N) is 1. The zero-order valence-corrected chi connectivity index (χ0v) is 14.7. The number of aliphatic hydroxyl groups is 1. The van der Waals surface area contributed by atoms with Gasteiger partial charge < -0.3 is 31.8 Å². The third kappa shape index (κ3) is 3.72. The molecule has 1 atom stereocenters. The Morgan fingerprint density at radius 2 is 1.45 bits per heavy atom. The summed E-state index contributed by atoms with van der Waals surface area (Å²) >= 11 is 0. The molecule has 0 heterocycles. The molecule has 0 bridgehead atoms. The van der Waals surface area contributed by atoms with E-state index in [4.69, 9.17) is 25.3 Å². The van der Waals surface area contributed by atoms with E-state index in [1.54, 1.807) is 0 Å². The maximum absolute atomic E-state index is 11.3. The van der Waals surface area contributed by atoms with Crippen molar-refractivity contribution in [2.24, 2.45) is 0 Å². The van der Waals surface area contributed by atoms with Crippen LogP contribution in [0.4, 0.5) is 5.69 Å². The smallest absolute Gasteiger partial charge is 1.00 e. The van der Waals surface area contributed by atoms with Crippen molar-refractivity contribution in [3.63, 3.8) is 0 Å². The molecule has 0 spiro atoms. The molecule has 11 heteroatoms. The summed E-state index contributed by atoms with van der Waals surface area (Å²) in [6.45, 7) is 1.11. The average Bonchev–Trinajstić information content (AvgIpc) is 2.25. The van der Waals surface area contributed by atoms with Crippen molar-refractivity contribution in [2.75, 3.05) is 5.73 Å². The second-order valence-corrected chi connectivity index (χ2v) is 8.06. The second kappa shape index (κ2) is 6.58. The van der Waals surface area contributed by atoms with Gasteiger partial charge in [-0.15, -0.1) is 0 Å². The van der Waals surface area contributed by atoms with Gasteiger partial charge in [-0.05, 0) is 17.7 Å². The standard InChI is InChI=1S/C9H15NO7P2.Na.H/c1-6(7-2-4-8(10)5-3-7)9(11,18(12,13)14)19(15,16)17;;/h2-6,11H,10H2,1H3,(H2,12,13,14)(H2,15,16,17);;/q;+1;-1. The molecule has 0 aliphatic carbocycles. The molecule has 0 saturated heterocycles. The Labute approximate surface area is 139 Å². The van der Waals surface area contributed by atoms with Gasteiger partial charge >= 0.3 is 44.7 Å². The second-order valence-electron chi connectivity index (χ2n) is 4.16. The van der Waals surface area contributed by atoms with Crippen LogP contribution in [0.2, 0.25) is 0 Å². The molecule has 0 aliphatic rings. The molecule has 0 radical (unpaired) electrons. The quantitative estimate of drug-likeness (QED) is 0.200. The predicted octanol–water partition coefficient (Wildman–Crippen LogP) is -2.51. The molecule has 1 unspecified atom stereocenters. The Balaban J connectivity index is 0. The molecule has 110 valence electrons. The first kappa shape index (κ1) is 20.3. The SMILES string of the molecule is CC(c1ccc(N)cc1)C(O)(P(=O)(O)O)P(=O)(O)O.[H-].[Na+]. The van der Waals surface area contributed by atoms with Gasteiger partial charge in [0.1, 0.15) is 0 Å². The molecular weight excluding hydrogens is 319 g/mol. The molecule has 0 amide bonds. The van der Waals surface area contributed by atoms with Gasteiger partial charge in [0.15, 0.2) is 0 Å². The van der Waals surface area contributed by atoms with E-state index in [1.807, 2.05) is 0 Å². The first-order valence-electron chi connectivity index (χ1n) is 5.10. The Morgan fingerprint density at radius 3 is 1.75 bits per heavy atom. The zero-order chi connectivity index (χ0) is 15.1. The van der Waals surface area contributed by atoms with Crippen LogP contribution >= 0.6 is 15.2 Å². The molecule has 1 aromatic carbocycles. The number of benzene rings is 1. The third-order valence-electron chi connectivity index (χ3n) is 2.87. The van der Waals surface area contributed by atoms with Gasteiger partial charge in [-0.2, -0.15) is 0 Å². The number of nitrogen functional groups attached to an aromatic ring is 1. The van der Waals surface area contributed by atoms with Gasteiger partial charge in [-0.1, -0.05) is 19.1 Å². The summed E-state index contributed by atoms with van der Waals surface area (Å²) in [7, 11) is -11.0. The van der Waals surface area contributed by atoms with Crippen LogP contribution in [0.5, 0.6) is 0 Å². The number of hydrogen-bond acceptors (Lipinski definition) is 4. The zero-order valence-electron chi connectivity index (χ0n) is 11.9. The minimum atomic E-state index is -5.48. The van der Waals surface area contributed by atoms with E-state index < -0.39 is 26.2 Å². The maximum Gasteiger partial charge on any atom is 1.00 e. The van der Waals surface area contributed by atoms with Crippen LogP contribution in [-0.2, 0) is 9.13 Å². The van der Waals surface area contributed by atoms with Gasteiger partial charge in [0.25, 0.3) is 5.08 Å². The minimum Gasteiger partial charge on any atom is -1.00 e. The Hall–Kier alpha value is 0.280. The first-order chi connectivity index (χ1) is 8.41. The summed E-state index contributed by atoms with van der Waals surface area (Å²) in [5, 5.41) is 6.44. The molecule has 7 N–H and O–H groups in total. The van der Waals surface area contributed by atoms with Crippen molar-refractivity contribution < 1.29 is 64.8 Å². The fourth-order valence-corrected chi connectivity index (χ4v) is 4.35. The van der Waals surface area contributed by atoms with Crippen molar-refractivity contribution in [1.82, 2.24) is 0 Å². The van der Waals surface area contributed by atoms with E-state index in [9.17, 15) is 14.2 Å². The topological polar surface area (TPSA) is 161 Å². The van der Waals surface area contributed by atoms with Crippen LogP contribution < -0.4 is 35.3 Å². The van der Waals surface area contributed by atoms with Crippen molar-refractivity contribution in [1.29, 1.82) is 0 Å². The van der Waals surface area contributed by atoms with Gasteiger partial charge in [0.2, 0.25) is 0 Å². The van der Waals surface area contributed by atoms with Crippen LogP contribution in [0, 0.1) is 0 Å². The Bertz CT molecular complexity index is 536. The van der Waals surface area contributed by atoms with E-state index in [2.05, 4.69) is 0 Å². The van der Waals surface area contributed by atoms with Gasteiger partial charge in [0.05, 0.1) is 0 Å². The van der Waals surface area contributed by atoms with Crippen molar-refractivity contribution >= 4 is 20.9 Å². The van der Waals surface area contributed by atoms with Crippen LogP contribution in [-0.4, -0.2) is 29.8 Å².